The maximum atomic E-state index is 12.6. The third-order valence-corrected chi connectivity index (χ3v) is 5.03. The third kappa shape index (κ3) is 5.26. The van der Waals surface area contributed by atoms with Gasteiger partial charge in [-0.15, -0.1) is 0 Å². The second-order valence-electron chi connectivity index (χ2n) is 7.16. The highest BCUT2D eigenvalue weighted by Crippen LogP contribution is 2.18. The van der Waals surface area contributed by atoms with Crippen LogP contribution in [0.4, 0.5) is 0 Å². The molecule has 0 N–H and O–H groups in total. The highest BCUT2D eigenvalue weighted by Gasteiger charge is 2.24. The van der Waals surface area contributed by atoms with Gasteiger partial charge in [-0.05, 0) is 37.0 Å². The van der Waals surface area contributed by atoms with Crippen molar-refractivity contribution in [2.24, 2.45) is 0 Å². The van der Waals surface area contributed by atoms with E-state index in [1.165, 1.54) is 5.56 Å². The summed E-state index contributed by atoms with van der Waals surface area (Å²) in [5.74, 6) is 1.11. The van der Waals surface area contributed by atoms with Gasteiger partial charge in [-0.2, -0.15) is 4.98 Å². The number of carbonyl (C=O) groups excluding carboxylic acids is 1. The summed E-state index contributed by atoms with van der Waals surface area (Å²) in [5, 5.41) is 3.97. The Hall–Kier alpha value is -3.06. The summed E-state index contributed by atoms with van der Waals surface area (Å²) in [6.07, 6.45) is 6.52. The van der Waals surface area contributed by atoms with E-state index >= 15 is 0 Å². The van der Waals surface area contributed by atoms with Crippen LogP contribution in [0.2, 0.25) is 0 Å². The van der Waals surface area contributed by atoms with Crippen molar-refractivity contribution in [1.29, 1.82) is 0 Å². The Labute approximate surface area is 169 Å². The zero-order valence-electron chi connectivity index (χ0n) is 16.2. The van der Waals surface area contributed by atoms with Crippen LogP contribution in [0.5, 0.6) is 0 Å². The van der Waals surface area contributed by atoms with Gasteiger partial charge in [-0.25, -0.2) is 0 Å². The Balaban J connectivity index is 1.26. The molecule has 3 aromatic rings. The third-order valence-electron chi connectivity index (χ3n) is 5.03. The lowest BCUT2D eigenvalue weighted by Gasteiger charge is -2.32. The van der Waals surface area contributed by atoms with Crippen LogP contribution in [0.3, 0.4) is 0 Å². The summed E-state index contributed by atoms with van der Waals surface area (Å²) in [7, 11) is 0. The van der Waals surface area contributed by atoms with Gasteiger partial charge < -0.3 is 14.2 Å². The first kappa shape index (κ1) is 19.3. The van der Waals surface area contributed by atoms with Gasteiger partial charge in [0.05, 0.1) is 11.7 Å². The Kier molecular flexibility index (Phi) is 6.26. The number of hydrogen-bond donors (Lipinski definition) is 0. The van der Waals surface area contributed by atoms with E-state index in [9.17, 15) is 4.79 Å². The number of aryl methyl sites for hydroxylation is 1. The molecule has 7 heteroatoms. The van der Waals surface area contributed by atoms with Crippen molar-refractivity contribution >= 4 is 5.91 Å². The number of benzene rings is 1. The van der Waals surface area contributed by atoms with Gasteiger partial charge in [0.2, 0.25) is 5.91 Å². The maximum Gasteiger partial charge on any atom is 0.259 e. The fraction of sp³-hybridized carbons (Fsp3) is 0.364. The predicted molar refractivity (Wildman–Crippen MR) is 107 cm³/mol. The minimum atomic E-state index is -0.00947. The minimum absolute atomic E-state index is 0.00947. The van der Waals surface area contributed by atoms with Crippen molar-refractivity contribution in [3.05, 3.63) is 66.2 Å². The number of pyridine rings is 1. The van der Waals surface area contributed by atoms with Gasteiger partial charge in [0.1, 0.15) is 6.61 Å². The van der Waals surface area contributed by atoms with Crippen molar-refractivity contribution in [2.45, 2.75) is 38.4 Å². The van der Waals surface area contributed by atoms with Crippen LogP contribution < -0.4 is 0 Å². The van der Waals surface area contributed by atoms with E-state index < -0.39 is 0 Å². The normalized spacial score (nSPS) is 16.7. The van der Waals surface area contributed by atoms with Gasteiger partial charge in [0, 0.05) is 31.9 Å². The first-order valence-corrected chi connectivity index (χ1v) is 9.94. The lowest BCUT2D eigenvalue weighted by atomic mass is 10.1. The van der Waals surface area contributed by atoms with Crippen LogP contribution in [0.25, 0.3) is 11.5 Å². The van der Waals surface area contributed by atoms with Crippen LogP contribution in [-0.2, 0) is 22.6 Å². The average molecular weight is 392 g/mol. The zero-order chi connectivity index (χ0) is 19.9. The Bertz CT molecular complexity index is 914. The molecule has 3 heterocycles. The molecule has 1 atom stereocenters. The molecule has 0 radical (unpaired) electrons. The van der Waals surface area contributed by atoms with Crippen LogP contribution in [-0.4, -0.2) is 45.1 Å². The van der Waals surface area contributed by atoms with E-state index in [1.807, 2.05) is 35.2 Å². The zero-order valence-corrected chi connectivity index (χ0v) is 16.2. The summed E-state index contributed by atoms with van der Waals surface area (Å²) in [6, 6.07) is 13.8. The molecule has 0 saturated carbocycles. The fourth-order valence-corrected chi connectivity index (χ4v) is 3.47. The van der Waals surface area contributed by atoms with Gasteiger partial charge >= 0.3 is 0 Å². The Morgan fingerprint density at radius 2 is 2.10 bits per heavy atom. The molecular weight excluding hydrogens is 368 g/mol. The SMILES string of the molecule is O=C(CCc1ccccc1)N1CCCC(OCc2noc(-c3cccnc3)n2)C1. The molecule has 29 heavy (non-hydrogen) atoms. The van der Waals surface area contributed by atoms with Crippen LogP contribution >= 0.6 is 0 Å². The number of ether oxygens (including phenoxy) is 1. The molecule has 1 amide bonds. The second-order valence-corrected chi connectivity index (χ2v) is 7.16. The summed E-state index contributed by atoms with van der Waals surface area (Å²) >= 11 is 0. The Morgan fingerprint density at radius 3 is 2.93 bits per heavy atom. The number of hydrogen-bond acceptors (Lipinski definition) is 6. The second kappa shape index (κ2) is 9.43. The monoisotopic (exact) mass is 392 g/mol. The molecule has 150 valence electrons. The van der Waals surface area contributed by atoms with Crippen molar-refractivity contribution in [3.63, 3.8) is 0 Å². The average Bonchev–Trinajstić information content (AvgIpc) is 3.27. The summed E-state index contributed by atoms with van der Waals surface area (Å²) in [4.78, 5) is 22.9. The van der Waals surface area contributed by atoms with Crippen LogP contribution in [0.1, 0.15) is 30.7 Å². The molecule has 0 aliphatic carbocycles. The number of nitrogens with zero attached hydrogens (tertiary/aromatic N) is 4. The van der Waals surface area contributed by atoms with E-state index in [1.54, 1.807) is 12.4 Å². The largest absolute Gasteiger partial charge is 0.368 e. The van der Waals surface area contributed by atoms with Crippen molar-refractivity contribution < 1.29 is 14.1 Å². The van der Waals surface area contributed by atoms with E-state index in [0.717, 1.165) is 31.4 Å². The standard InChI is InChI=1S/C22H24N4O3/c27-21(11-10-17-6-2-1-3-7-17)26-13-5-9-19(15-26)28-16-20-24-22(29-25-20)18-8-4-12-23-14-18/h1-4,6-8,12,14,19H,5,9-11,13,15-16H2. The lowest BCUT2D eigenvalue weighted by Crippen LogP contribution is -2.43. The Morgan fingerprint density at radius 1 is 1.21 bits per heavy atom. The molecule has 0 bridgehead atoms. The molecule has 2 aromatic heterocycles. The molecule has 1 aliphatic heterocycles. The van der Waals surface area contributed by atoms with Crippen molar-refractivity contribution in [2.75, 3.05) is 13.1 Å². The first-order chi connectivity index (χ1) is 14.3. The minimum Gasteiger partial charge on any atom is -0.368 e. The fourth-order valence-electron chi connectivity index (χ4n) is 3.47. The molecule has 1 aliphatic rings. The molecule has 1 saturated heterocycles. The molecular formula is C22H24N4O3. The highest BCUT2D eigenvalue weighted by atomic mass is 16.5. The van der Waals surface area contributed by atoms with E-state index in [2.05, 4.69) is 27.3 Å². The number of likely N-dealkylation sites (tertiary alicyclic amines) is 1. The summed E-state index contributed by atoms with van der Waals surface area (Å²) in [6.45, 7) is 1.67. The first-order valence-electron chi connectivity index (χ1n) is 9.94. The van der Waals surface area contributed by atoms with Crippen molar-refractivity contribution in [1.82, 2.24) is 20.0 Å². The van der Waals surface area contributed by atoms with Gasteiger partial charge in [-0.3, -0.25) is 9.78 Å². The number of rotatable bonds is 7. The quantitative estimate of drug-likeness (QED) is 0.614. The van der Waals surface area contributed by atoms with E-state index in [-0.39, 0.29) is 18.6 Å². The van der Waals surface area contributed by atoms with E-state index in [4.69, 9.17) is 9.26 Å². The smallest absolute Gasteiger partial charge is 0.259 e. The molecule has 1 aromatic carbocycles. The van der Waals surface area contributed by atoms with Gasteiger partial charge in [0.25, 0.3) is 5.89 Å². The molecule has 0 spiro atoms. The molecule has 1 unspecified atom stereocenters. The summed E-state index contributed by atoms with van der Waals surface area (Å²) in [5.41, 5.74) is 1.96. The predicted octanol–water partition coefficient (Wildman–Crippen LogP) is 3.27. The molecule has 1 fully saturated rings. The highest BCUT2D eigenvalue weighted by molar-refractivity contribution is 5.76. The number of aromatic nitrogens is 3. The number of amides is 1. The number of piperidine rings is 1. The van der Waals surface area contributed by atoms with E-state index in [0.29, 0.717) is 24.7 Å². The number of carbonyl (C=O) groups is 1. The molecule has 7 nitrogen and oxygen atoms in total. The van der Waals surface area contributed by atoms with Gasteiger partial charge in [-0.1, -0.05) is 35.5 Å². The summed E-state index contributed by atoms with van der Waals surface area (Å²) < 4.78 is 11.2. The van der Waals surface area contributed by atoms with Gasteiger partial charge in [0.15, 0.2) is 5.82 Å². The maximum absolute atomic E-state index is 12.6. The topological polar surface area (TPSA) is 81.4 Å². The van der Waals surface area contributed by atoms with Crippen LogP contribution in [0, 0.1) is 0 Å². The van der Waals surface area contributed by atoms with Crippen molar-refractivity contribution in [3.8, 4) is 11.5 Å². The molecule has 4 rings (SSSR count). The van der Waals surface area contributed by atoms with Crippen LogP contribution in [0.15, 0.2) is 59.4 Å². The lowest BCUT2D eigenvalue weighted by molar-refractivity contribution is -0.135.